The van der Waals surface area contributed by atoms with Gasteiger partial charge in [-0.25, -0.2) is 0 Å². The number of hydrogen-bond donors (Lipinski definition) is 2. The van der Waals surface area contributed by atoms with Crippen molar-refractivity contribution in [2.24, 2.45) is 4.99 Å². The van der Waals surface area contributed by atoms with Gasteiger partial charge < -0.3 is 20.1 Å². The number of benzene rings is 1. The van der Waals surface area contributed by atoms with Crippen LogP contribution in [-0.2, 0) is 11.2 Å². The number of H-pyrrole nitrogens is 1. The molecule has 3 heterocycles. The Morgan fingerprint density at radius 2 is 1.81 bits per heavy atom. The third-order valence-corrected chi connectivity index (χ3v) is 6.59. The van der Waals surface area contributed by atoms with E-state index in [1.807, 2.05) is 4.90 Å². The summed E-state index contributed by atoms with van der Waals surface area (Å²) in [6.45, 7) is 11.2. The summed E-state index contributed by atoms with van der Waals surface area (Å²) in [5.41, 5.74) is 2.50. The molecule has 0 bridgehead atoms. The van der Waals surface area contributed by atoms with Crippen LogP contribution in [0.5, 0.6) is 0 Å². The minimum atomic E-state index is -0.0263. The SMILES string of the molecule is CCNC(=NCCc1c[nH]c2ccccc12)N1CCN(C(C)C(=O)N2CCCC2)CC1.I. The lowest BCUT2D eigenvalue weighted by Gasteiger charge is -2.39. The number of nitrogens with zero attached hydrogens (tertiary/aromatic N) is 4. The second-order valence-electron chi connectivity index (χ2n) is 8.58. The van der Waals surface area contributed by atoms with Crippen LogP contribution in [0.2, 0.25) is 0 Å². The maximum atomic E-state index is 12.7. The second-order valence-corrected chi connectivity index (χ2v) is 8.58. The fourth-order valence-corrected chi connectivity index (χ4v) is 4.73. The van der Waals surface area contributed by atoms with Crippen LogP contribution < -0.4 is 5.32 Å². The molecule has 4 rings (SSSR count). The first-order valence-electron chi connectivity index (χ1n) is 11.8. The number of halogens is 1. The number of hydrogen-bond acceptors (Lipinski definition) is 3. The van der Waals surface area contributed by atoms with E-state index in [2.05, 4.69) is 64.4 Å². The summed E-state index contributed by atoms with van der Waals surface area (Å²) >= 11 is 0. The van der Waals surface area contributed by atoms with E-state index in [0.29, 0.717) is 5.91 Å². The van der Waals surface area contributed by atoms with Gasteiger partial charge in [0.1, 0.15) is 0 Å². The quantitative estimate of drug-likeness (QED) is 0.329. The van der Waals surface area contributed by atoms with Crippen LogP contribution in [0, 0.1) is 0 Å². The second kappa shape index (κ2) is 11.9. The molecule has 2 N–H and O–H groups in total. The lowest BCUT2D eigenvalue weighted by atomic mass is 10.1. The minimum Gasteiger partial charge on any atom is -0.361 e. The lowest BCUT2D eigenvalue weighted by molar-refractivity contribution is -0.135. The first kappa shape index (κ1) is 24.8. The van der Waals surface area contributed by atoms with Crippen LogP contribution in [0.1, 0.15) is 32.3 Å². The van der Waals surface area contributed by atoms with Crippen LogP contribution in [0.3, 0.4) is 0 Å². The number of amides is 1. The molecule has 2 saturated heterocycles. The van der Waals surface area contributed by atoms with Crippen molar-refractivity contribution in [3.05, 3.63) is 36.0 Å². The highest BCUT2D eigenvalue weighted by Gasteiger charge is 2.30. The molecule has 0 radical (unpaired) electrons. The molecule has 32 heavy (non-hydrogen) atoms. The summed E-state index contributed by atoms with van der Waals surface area (Å²) in [7, 11) is 0. The van der Waals surface area contributed by atoms with Crippen LogP contribution in [0.25, 0.3) is 10.9 Å². The lowest BCUT2D eigenvalue weighted by Crippen LogP contribution is -2.57. The van der Waals surface area contributed by atoms with Crippen molar-refractivity contribution in [1.82, 2.24) is 25.0 Å². The van der Waals surface area contributed by atoms with Gasteiger partial charge in [-0.2, -0.15) is 0 Å². The molecule has 1 aromatic carbocycles. The summed E-state index contributed by atoms with van der Waals surface area (Å²) in [4.78, 5) is 27.7. The van der Waals surface area contributed by atoms with Crippen molar-refractivity contribution in [1.29, 1.82) is 0 Å². The Hall–Kier alpha value is -1.81. The zero-order valence-corrected chi connectivity index (χ0v) is 21.7. The number of piperazine rings is 1. The Morgan fingerprint density at radius 3 is 2.53 bits per heavy atom. The third kappa shape index (κ3) is 5.75. The molecule has 1 aromatic heterocycles. The number of fused-ring (bicyclic) bond motifs is 1. The zero-order valence-electron chi connectivity index (χ0n) is 19.3. The van der Waals surface area contributed by atoms with E-state index in [0.717, 1.165) is 77.6 Å². The summed E-state index contributed by atoms with van der Waals surface area (Å²) in [6.07, 6.45) is 5.31. The number of aliphatic imine (C=N–C) groups is 1. The number of nitrogens with one attached hydrogen (secondary N) is 2. The standard InChI is InChI=1S/C24H36N6O.HI/c1-3-25-24(26-11-10-20-18-27-22-9-5-4-8-21(20)22)30-16-14-28(15-17-30)19(2)23(31)29-12-6-7-13-29;/h4-5,8-9,18-19,27H,3,6-7,10-17H2,1-2H3,(H,25,26);1H. The van der Waals surface area contributed by atoms with Gasteiger partial charge in [0.15, 0.2) is 5.96 Å². The van der Waals surface area contributed by atoms with E-state index >= 15 is 0 Å². The molecule has 2 aromatic rings. The maximum absolute atomic E-state index is 12.7. The fourth-order valence-electron chi connectivity index (χ4n) is 4.73. The normalized spacial score (nSPS) is 18.6. The molecular formula is C24H37IN6O. The predicted octanol–water partition coefficient (Wildman–Crippen LogP) is 2.92. The van der Waals surface area contributed by atoms with Gasteiger partial charge in [-0.1, -0.05) is 18.2 Å². The van der Waals surface area contributed by atoms with Crippen molar-refractivity contribution in [3.8, 4) is 0 Å². The number of rotatable bonds is 6. The Kier molecular flexibility index (Phi) is 9.22. The zero-order chi connectivity index (χ0) is 21.6. The number of aromatic amines is 1. The van der Waals surface area contributed by atoms with Gasteiger partial charge in [0.2, 0.25) is 5.91 Å². The van der Waals surface area contributed by atoms with E-state index in [-0.39, 0.29) is 30.0 Å². The van der Waals surface area contributed by atoms with Crippen molar-refractivity contribution < 1.29 is 4.79 Å². The maximum Gasteiger partial charge on any atom is 0.239 e. The van der Waals surface area contributed by atoms with Gasteiger partial charge in [0.05, 0.1) is 6.04 Å². The highest BCUT2D eigenvalue weighted by molar-refractivity contribution is 14.0. The van der Waals surface area contributed by atoms with Crippen LogP contribution >= 0.6 is 24.0 Å². The number of guanidine groups is 1. The van der Waals surface area contributed by atoms with E-state index in [4.69, 9.17) is 4.99 Å². The molecule has 1 amide bonds. The minimum absolute atomic E-state index is 0. The molecule has 1 unspecified atom stereocenters. The van der Waals surface area contributed by atoms with E-state index in [1.165, 1.54) is 16.5 Å². The van der Waals surface area contributed by atoms with Gasteiger partial charge in [-0.05, 0) is 44.7 Å². The largest absolute Gasteiger partial charge is 0.361 e. The van der Waals surface area contributed by atoms with E-state index < -0.39 is 0 Å². The molecule has 2 aliphatic heterocycles. The van der Waals surface area contributed by atoms with Crippen molar-refractivity contribution in [3.63, 3.8) is 0 Å². The van der Waals surface area contributed by atoms with Gasteiger partial charge >= 0.3 is 0 Å². The first-order chi connectivity index (χ1) is 15.2. The van der Waals surface area contributed by atoms with Gasteiger partial charge in [-0.15, -0.1) is 24.0 Å². The number of carbonyl (C=O) groups excluding carboxylic acids is 1. The molecule has 2 aliphatic rings. The Bertz CT molecular complexity index is 899. The summed E-state index contributed by atoms with van der Waals surface area (Å²) in [6, 6.07) is 8.40. The number of aromatic nitrogens is 1. The third-order valence-electron chi connectivity index (χ3n) is 6.59. The van der Waals surface area contributed by atoms with Crippen LogP contribution in [0.15, 0.2) is 35.5 Å². The monoisotopic (exact) mass is 552 g/mol. The van der Waals surface area contributed by atoms with Crippen LogP contribution in [0.4, 0.5) is 0 Å². The van der Waals surface area contributed by atoms with Crippen molar-refractivity contribution in [2.45, 2.75) is 39.2 Å². The first-order valence-corrected chi connectivity index (χ1v) is 11.8. The summed E-state index contributed by atoms with van der Waals surface area (Å²) < 4.78 is 0. The Balaban J connectivity index is 0.00000289. The molecule has 2 fully saturated rings. The number of para-hydroxylation sites is 1. The van der Waals surface area contributed by atoms with Gasteiger partial charge in [-0.3, -0.25) is 14.7 Å². The Labute approximate surface area is 208 Å². The molecule has 176 valence electrons. The number of carbonyl (C=O) groups is 1. The molecular weight excluding hydrogens is 515 g/mol. The molecule has 0 saturated carbocycles. The highest BCUT2D eigenvalue weighted by atomic mass is 127. The summed E-state index contributed by atoms with van der Waals surface area (Å²) in [5.74, 6) is 1.28. The summed E-state index contributed by atoms with van der Waals surface area (Å²) in [5, 5.41) is 4.74. The molecule has 0 spiro atoms. The number of likely N-dealkylation sites (tertiary alicyclic amines) is 1. The molecule has 0 aliphatic carbocycles. The van der Waals surface area contributed by atoms with E-state index in [1.54, 1.807) is 0 Å². The van der Waals surface area contributed by atoms with Gasteiger partial charge in [0.25, 0.3) is 0 Å². The van der Waals surface area contributed by atoms with Gasteiger partial charge in [0, 0.05) is 69.5 Å². The highest BCUT2D eigenvalue weighted by Crippen LogP contribution is 2.18. The topological polar surface area (TPSA) is 67.0 Å². The smallest absolute Gasteiger partial charge is 0.239 e. The average Bonchev–Trinajstić information content (AvgIpc) is 3.48. The molecule has 8 heteroatoms. The van der Waals surface area contributed by atoms with E-state index in [9.17, 15) is 4.79 Å². The fraction of sp³-hybridized carbons (Fsp3) is 0.583. The predicted molar refractivity (Wildman–Crippen MR) is 142 cm³/mol. The van der Waals surface area contributed by atoms with Crippen molar-refractivity contribution >= 4 is 46.7 Å². The average molecular weight is 553 g/mol. The Morgan fingerprint density at radius 1 is 1.09 bits per heavy atom. The molecule has 1 atom stereocenters. The molecule has 7 nitrogen and oxygen atoms in total. The van der Waals surface area contributed by atoms with Crippen molar-refractivity contribution in [2.75, 3.05) is 52.4 Å². The van der Waals surface area contributed by atoms with Crippen LogP contribution in [-0.4, -0.2) is 90.0 Å².